The lowest BCUT2D eigenvalue weighted by molar-refractivity contribution is -0.131. The second-order valence-corrected chi connectivity index (χ2v) is 10.1. The van der Waals surface area contributed by atoms with E-state index in [0.717, 1.165) is 28.9 Å². The van der Waals surface area contributed by atoms with Crippen molar-refractivity contribution in [2.45, 2.75) is 31.6 Å². The van der Waals surface area contributed by atoms with Crippen LogP contribution in [0.15, 0.2) is 47.5 Å². The molecule has 1 heterocycles. The topological polar surface area (TPSA) is 118 Å². The second kappa shape index (κ2) is 8.20. The number of amides is 1. The van der Waals surface area contributed by atoms with E-state index in [1.165, 1.54) is 17.9 Å². The molecule has 0 radical (unpaired) electrons. The normalized spacial score (nSPS) is 13.7. The van der Waals surface area contributed by atoms with Crippen molar-refractivity contribution < 1.29 is 22.8 Å². The average Bonchev–Trinajstić information content (AvgIpc) is 2.71. The van der Waals surface area contributed by atoms with Crippen molar-refractivity contribution in [2.75, 3.05) is 6.26 Å². The van der Waals surface area contributed by atoms with Crippen molar-refractivity contribution in [1.29, 1.82) is 0 Å². The monoisotopic (exact) mass is 447 g/mol. The highest BCUT2D eigenvalue weighted by molar-refractivity contribution is 7.92. The highest BCUT2D eigenvalue weighted by Gasteiger charge is 2.43. The number of rotatable bonds is 6. The number of fused-ring (bicyclic) bond motifs is 1. The standard InChI is InChI=1S/C21H22FN3O5S/c1-13-4-6-14(7-5-13)15-10-16(22)18-17(11-15)23-12-25(19(18)26)9-8-21(2,20(27)24-28)31(3,29)30/h4-7,10-12,28H,8-9H2,1-3H3,(H,24,27)/t21-/m0/s1. The summed E-state index contributed by atoms with van der Waals surface area (Å²) in [4.78, 5) is 28.9. The number of sulfone groups is 1. The molecule has 1 aromatic heterocycles. The lowest BCUT2D eigenvalue weighted by Gasteiger charge is -2.25. The summed E-state index contributed by atoms with van der Waals surface area (Å²) in [5.41, 5.74) is 3.21. The molecule has 0 aliphatic carbocycles. The minimum Gasteiger partial charge on any atom is -0.299 e. The van der Waals surface area contributed by atoms with Gasteiger partial charge in [-0.1, -0.05) is 29.8 Å². The number of carbonyl (C=O) groups excluding carboxylic acids is 1. The van der Waals surface area contributed by atoms with Crippen LogP contribution in [0.5, 0.6) is 0 Å². The molecular weight excluding hydrogens is 425 g/mol. The first kappa shape index (κ1) is 22.6. The number of hydrogen-bond donors (Lipinski definition) is 2. The first-order chi connectivity index (χ1) is 14.5. The van der Waals surface area contributed by atoms with Crippen molar-refractivity contribution in [3.63, 3.8) is 0 Å². The van der Waals surface area contributed by atoms with E-state index in [9.17, 15) is 22.4 Å². The van der Waals surface area contributed by atoms with Crippen LogP contribution >= 0.6 is 0 Å². The van der Waals surface area contributed by atoms with Crippen molar-refractivity contribution in [3.05, 3.63) is 64.5 Å². The molecule has 0 bridgehead atoms. The molecule has 10 heteroatoms. The van der Waals surface area contributed by atoms with E-state index in [4.69, 9.17) is 5.21 Å². The number of carbonyl (C=O) groups is 1. The predicted octanol–water partition coefficient (Wildman–Crippen LogP) is 2.21. The van der Waals surface area contributed by atoms with Gasteiger partial charge in [0.1, 0.15) is 11.2 Å². The predicted molar refractivity (Wildman–Crippen MR) is 114 cm³/mol. The van der Waals surface area contributed by atoms with Crippen LogP contribution in [0.4, 0.5) is 4.39 Å². The highest BCUT2D eigenvalue weighted by atomic mass is 32.2. The molecule has 0 saturated carbocycles. The number of nitrogens with one attached hydrogen (secondary N) is 1. The summed E-state index contributed by atoms with van der Waals surface area (Å²) in [6.07, 6.45) is 1.72. The van der Waals surface area contributed by atoms with E-state index in [2.05, 4.69) is 4.98 Å². The van der Waals surface area contributed by atoms with Crippen LogP contribution in [0, 0.1) is 12.7 Å². The smallest absolute Gasteiger partial charge is 0.264 e. The van der Waals surface area contributed by atoms with Gasteiger partial charge in [0.25, 0.3) is 11.5 Å². The molecule has 31 heavy (non-hydrogen) atoms. The van der Waals surface area contributed by atoms with Crippen molar-refractivity contribution in [3.8, 4) is 11.1 Å². The fourth-order valence-electron chi connectivity index (χ4n) is 3.22. The molecule has 0 spiro atoms. The lowest BCUT2D eigenvalue weighted by atomic mass is 10.0. The Bertz CT molecular complexity index is 1320. The number of nitrogens with zero attached hydrogens (tertiary/aromatic N) is 2. The summed E-state index contributed by atoms with van der Waals surface area (Å²) in [6.45, 7) is 2.85. The second-order valence-electron chi connectivity index (χ2n) is 7.66. The first-order valence-electron chi connectivity index (χ1n) is 9.38. The van der Waals surface area contributed by atoms with Gasteiger partial charge in [-0.2, -0.15) is 0 Å². The number of benzene rings is 2. The molecule has 0 aliphatic rings. The van der Waals surface area contributed by atoms with Crippen LogP contribution in [0.25, 0.3) is 22.0 Å². The van der Waals surface area contributed by atoms with E-state index < -0.39 is 31.9 Å². The molecule has 164 valence electrons. The van der Waals surface area contributed by atoms with Gasteiger partial charge >= 0.3 is 0 Å². The number of hydrogen-bond acceptors (Lipinski definition) is 6. The Morgan fingerprint density at radius 3 is 2.45 bits per heavy atom. The maximum atomic E-state index is 14.9. The van der Waals surface area contributed by atoms with Crippen molar-refractivity contribution in [1.82, 2.24) is 15.0 Å². The largest absolute Gasteiger partial charge is 0.299 e. The molecule has 0 fully saturated rings. The minimum absolute atomic E-state index is 0.163. The third-order valence-electron chi connectivity index (χ3n) is 5.50. The molecule has 1 atom stereocenters. The Kier molecular flexibility index (Phi) is 5.97. The van der Waals surface area contributed by atoms with Crippen LogP contribution in [0.1, 0.15) is 18.9 Å². The maximum Gasteiger partial charge on any atom is 0.264 e. The van der Waals surface area contributed by atoms with Gasteiger partial charge < -0.3 is 0 Å². The number of aromatic nitrogens is 2. The molecule has 0 saturated heterocycles. The van der Waals surface area contributed by atoms with Gasteiger partial charge in [-0.3, -0.25) is 19.4 Å². The average molecular weight is 447 g/mol. The Hall–Kier alpha value is -3.11. The van der Waals surface area contributed by atoms with Gasteiger partial charge in [-0.05, 0) is 43.5 Å². The minimum atomic E-state index is -3.93. The molecule has 3 rings (SSSR count). The Morgan fingerprint density at radius 1 is 1.23 bits per heavy atom. The first-order valence-corrected chi connectivity index (χ1v) is 11.3. The summed E-state index contributed by atoms with van der Waals surface area (Å²) in [7, 11) is -3.93. The van der Waals surface area contributed by atoms with E-state index in [1.807, 2.05) is 31.2 Å². The van der Waals surface area contributed by atoms with Gasteiger partial charge in [0.15, 0.2) is 14.6 Å². The molecule has 0 unspecified atom stereocenters. The van der Waals surface area contributed by atoms with E-state index in [0.29, 0.717) is 5.56 Å². The maximum absolute atomic E-state index is 14.9. The zero-order valence-corrected chi connectivity index (χ0v) is 18.0. The summed E-state index contributed by atoms with van der Waals surface area (Å²) in [5, 5.41) is 8.67. The van der Waals surface area contributed by atoms with Crippen LogP contribution in [-0.4, -0.2) is 40.1 Å². The fourth-order valence-corrected chi connectivity index (χ4v) is 4.07. The Balaban J connectivity index is 2.01. The third-order valence-corrected chi connectivity index (χ3v) is 7.52. The summed E-state index contributed by atoms with van der Waals surface area (Å²) in [6, 6.07) is 10.3. The molecule has 2 aromatic carbocycles. The van der Waals surface area contributed by atoms with Gasteiger partial charge in [0.05, 0.1) is 11.8 Å². The van der Waals surface area contributed by atoms with E-state index >= 15 is 0 Å². The van der Waals surface area contributed by atoms with Crippen molar-refractivity contribution in [2.24, 2.45) is 0 Å². The number of halogens is 1. The van der Waals surface area contributed by atoms with E-state index in [1.54, 1.807) is 6.07 Å². The van der Waals surface area contributed by atoms with Gasteiger partial charge in [0, 0.05) is 12.8 Å². The summed E-state index contributed by atoms with van der Waals surface area (Å²) < 4.78 is 38.1. The number of aryl methyl sites for hydroxylation is 2. The van der Waals surface area contributed by atoms with Crippen molar-refractivity contribution >= 4 is 26.6 Å². The fraction of sp³-hybridized carbons (Fsp3) is 0.286. The third kappa shape index (κ3) is 4.21. The number of hydroxylamine groups is 1. The zero-order chi connectivity index (χ0) is 23.0. The van der Waals surface area contributed by atoms with Crippen LogP contribution in [0.2, 0.25) is 0 Å². The summed E-state index contributed by atoms with van der Waals surface area (Å²) in [5.74, 6) is -1.87. The molecule has 3 aromatic rings. The van der Waals surface area contributed by atoms with Gasteiger partial charge in [0.2, 0.25) is 0 Å². The molecule has 0 aliphatic heterocycles. The molecule has 8 nitrogen and oxygen atoms in total. The SMILES string of the molecule is Cc1ccc(-c2cc(F)c3c(=O)n(CC[C@@](C)(C(=O)NO)S(C)(=O)=O)cnc3c2)cc1. The Morgan fingerprint density at radius 2 is 1.87 bits per heavy atom. The summed E-state index contributed by atoms with van der Waals surface area (Å²) >= 11 is 0. The highest BCUT2D eigenvalue weighted by Crippen LogP contribution is 2.26. The van der Waals surface area contributed by atoms with E-state index in [-0.39, 0.29) is 23.9 Å². The lowest BCUT2D eigenvalue weighted by Crippen LogP contribution is -2.50. The zero-order valence-electron chi connectivity index (χ0n) is 17.2. The van der Waals surface area contributed by atoms with Gasteiger partial charge in [-0.15, -0.1) is 0 Å². The molecule has 2 N–H and O–H groups in total. The van der Waals surface area contributed by atoms with Crippen LogP contribution in [-0.2, 0) is 21.2 Å². The van der Waals surface area contributed by atoms with Gasteiger partial charge in [-0.25, -0.2) is 23.3 Å². The quantitative estimate of drug-likeness (QED) is 0.442. The Labute approximate surface area is 178 Å². The van der Waals surface area contributed by atoms with Crippen LogP contribution in [0.3, 0.4) is 0 Å². The molecular formula is C21H22FN3O5S. The molecule has 1 amide bonds. The van der Waals surface area contributed by atoms with Crippen LogP contribution < -0.4 is 11.0 Å².